The number of ether oxygens (including phenoxy) is 16. The van der Waals surface area contributed by atoms with Crippen LogP contribution in [0.5, 0.6) is 0 Å². The summed E-state index contributed by atoms with van der Waals surface area (Å²) in [6.07, 6.45) is -27.5. The van der Waals surface area contributed by atoms with Crippen LogP contribution in [0.15, 0.2) is 72.5 Å². The van der Waals surface area contributed by atoms with Gasteiger partial charge in [-0.15, -0.1) is 0 Å². The molecule has 13 N–H and O–H groups in total. The Labute approximate surface area is 848 Å². The van der Waals surface area contributed by atoms with Gasteiger partial charge in [0, 0.05) is 89.0 Å². The number of anilines is 5. The van der Waals surface area contributed by atoms with Crippen molar-refractivity contribution in [2.75, 3.05) is 163 Å². The van der Waals surface area contributed by atoms with Crippen molar-refractivity contribution in [1.29, 1.82) is 0 Å². The minimum atomic E-state index is -5.33. The smallest absolute Gasteiger partial charge is 0.351 e. The SMILES string of the molecule is CC[C@H]1O[C@@H](n2cc(C)c(=O)[nH]c2=O)CC1OP([O-])(=S)OC[C@H]1O[C@@H](n2cc(C)c(N)nc2=O)[C@@H](OCCOC)C1OP(=O)([S-])OC[C@H]1O[C@@H](n2cc(C)c(N)nc2=O)[C@@H](OCCOC)C1OP([O-])(=S)OC[C@H]1O[C@@H](n2cnc3c(N)ncnc32)[C@@H](OCCOC)C1OP([O-])(=S)OC[C@H]1O[C@@H](n2cnc3c(=O)[nH]c(N)nc32)[C@@H](OCCOC)C1OP([O-])(=S)OC[C@H]1O[C@@H](n2cc(C)c(N)nc2=O)[C@@H](OCCOC)C1O. The average molecular weight is 2240 g/mol. The predicted molar refractivity (Wildman–Crippen MR) is 510 cm³/mol. The Bertz CT molecular complexity index is 6500. The highest BCUT2D eigenvalue weighted by Gasteiger charge is 2.56. The van der Waals surface area contributed by atoms with Gasteiger partial charge in [0.25, 0.3) is 11.1 Å². The molecular weight excluding hydrogens is 2130 g/mol. The first-order chi connectivity index (χ1) is 68.9. The van der Waals surface area contributed by atoms with Crippen LogP contribution in [0.1, 0.15) is 79.4 Å². The average Bonchev–Trinajstić information content (AvgIpc) is 1.61. The van der Waals surface area contributed by atoms with Crippen LogP contribution < -0.4 is 82.1 Å². The van der Waals surface area contributed by atoms with E-state index in [1.807, 2.05) is 0 Å². The minimum absolute atomic E-state index is 0.0131. The van der Waals surface area contributed by atoms with Gasteiger partial charge in [-0.1, -0.05) is 54.2 Å². The van der Waals surface area contributed by atoms with Crippen molar-refractivity contribution in [3.63, 3.8) is 0 Å². The summed E-state index contributed by atoms with van der Waals surface area (Å²) in [6.45, 7) is -24.6. The molecule has 145 heavy (non-hydrogen) atoms. The molecule has 6 fully saturated rings. The highest BCUT2D eigenvalue weighted by molar-refractivity contribution is 8.32. The molecule has 0 aromatic carbocycles. The molecule has 8 aromatic rings. The second kappa shape index (κ2) is 49.3. The first kappa shape index (κ1) is 114. The van der Waals surface area contributed by atoms with E-state index in [9.17, 15) is 38.8 Å². The van der Waals surface area contributed by atoms with Gasteiger partial charge in [0.15, 0.2) is 60.6 Å². The molecule has 14 rings (SSSR count). The summed E-state index contributed by atoms with van der Waals surface area (Å²) in [6, 6.07) is 0. The molecule has 0 amide bonds. The number of aliphatic hydroxyl groups excluding tert-OH is 1. The van der Waals surface area contributed by atoms with Gasteiger partial charge in [0.2, 0.25) is 5.95 Å². The van der Waals surface area contributed by atoms with Crippen molar-refractivity contribution in [3.8, 4) is 0 Å². The summed E-state index contributed by atoms with van der Waals surface area (Å²) in [5.41, 5.74) is 26.0. The topological polar surface area (TPSA) is 766 Å². The molecule has 11 unspecified atom stereocenters. The number of hydrogen-bond acceptors (Lipinski definition) is 56. The van der Waals surface area contributed by atoms with E-state index in [4.69, 9.17) is 209 Å². The number of nitrogen functional groups attached to an aromatic ring is 5. The van der Waals surface area contributed by atoms with E-state index >= 15 is 19.2 Å². The maximum Gasteiger partial charge on any atom is 0.351 e. The van der Waals surface area contributed by atoms with Gasteiger partial charge in [-0.3, -0.25) is 51.5 Å². The van der Waals surface area contributed by atoms with Crippen LogP contribution in [-0.4, -0.2) is 321 Å². The number of nitrogens with zero attached hydrogens (tertiary/aromatic N) is 14. The minimum Gasteiger partial charge on any atom is -0.780 e. The second-order valence-electron chi connectivity index (χ2n) is 33.2. The molecule has 0 saturated carbocycles. The van der Waals surface area contributed by atoms with Gasteiger partial charge in [0.05, 0.1) is 124 Å². The lowest BCUT2D eigenvalue weighted by Gasteiger charge is -2.38. The van der Waals surface area contributed by atoms with Gasteiger partial charge >= 0.3 is 22.8 Å². The third-order valence-corrected chi connectivity index (χ3v) is 31.2. The number of methoxy groups -OCH3 is 5. The zero-order chi connectivity index (χ0) is 105. The van der Waals surface area contributed by atoms with Crippen molar-refractivity contribution < 1.29 is 150 Å². The highest BCUT2D eigenvalue weighted by Crippen LogP contribution is 2.57. The van der Waals surface area contributed by atoms with Gasteiger partial charge in [0.1, 0.15) is 154 Å². The number of aromatic amines is 2. The number of fused-ring (bicyclic) bond motifs is 2. The van der Waals surface area contributed by atoms with Crippen LogP contribution >= 0.6 is 33.7 Å². The molecule has 59 nitrogen and oxygen atoms in total. The van der Waals surface area contributed by atoms with E-state index in [1.165, 1.54) is 96.6 Å². The van der Waals surface area contributed by atoms with Gasteiger partial charge in [-0.2, -0.15) is 19.9 Å². The van der Waals surface area contributed by atoms with Crippen molar-refractivity contribution in [2.24, 2.45) is 0 Å². The Hall–Kier alpha value is -6.84. The zero-order valence-electron chi connectivity index (χ0n) is 78.8. The fourth-order valence-corrected chi connectivity index (χ4v) is 23.6. The lowest BCUT2D eigenvalue weighted by molar-refractivity contribution is -0.223. The lowest BCUT2D eigenvalue weighted by Crippen LogP contribution is -2.42. The molecule has 804 valence electrons. The Balaban J connectivity index is 0.761. The Morgan fingerprint density at radius 2 is 0.772 bits per heavy atom. The first-order valence-corrected chi connectivity index (χ1v) is 57.0. The van der Waals surface area contributed by atoms with Gasteiger partial charge < -0.3 is 187 Å². The molecule has 6 aliphatic rings. The molecule has 6 saturated heterocycles. The molecule has 69 heteroatoms. The van der Waals surface area contributed by atoms with E-state index in [0.717, 1.165) is 30.9 Å². The Kier molecular flexibility index (Phi) is 38.7. The molecule has 0 bridgehead atoms. The monoisotopic (exact) mass is 2240 g/mol. The maximum absolute atomic E-state index is 15.7. The number of hydrogen-bond donors (Lipinski definition) is 8. The van der Waals surface area contributed by atoms with Crippen LogP contribution in [0.25, 0.3) is 22.3 Å². The fraction of sp³-hybridized carbons (Fsp3) is 0.658. The number of rotatable bonds is 52. The zero-order valence-corrected chi connectivity index (χ0v) is 87.4. The van der Waals surface area contributed by atoms with Crippen LogP contribution in [0, 0.1) is 27.7 Å². The van der Waals surface area contributed by atoms with E-state index < -0.39 is 242 Å². The number of nitrogens with two attached hydrogens (primary N) is 5. The molecular formula is C76H107N21O38P5S5-5. The number of aliphatic hydroxyl groups is 1. The third kappa shape index (κ3) is 27.3. The standard InChI is InChI=1S/C76H112N21O38P5S5/c1-11-39-40(22-46(125-39)92-26-38(5)65(99)91-76(92)104)131-136(105,141)121-28-42-50(55(116-18-13-111-7)68(127-42)94-24-36(3)60(78)87-74(94)102)132-138(107,143)122-29-43-51(56(117-19-14-112-8)69(128-43)95-25-37(4)61(79)88-75(95)103)133-139(108,144)123-30-44-52(57(118-20-15-113-9)70(129-44)96-33-84-47-62(80)82-32-83-63(47)96)135-140(109,145)124-31-45-53(58(119-21-16-114-10)71(130-45)97-34-85-48-64(97)89-72(81)90-66(48)100)134-137(106,142)120-27-41-49(98)54(115-17-12-110-6)67(126-41)93-23-35(2)59(77)86-73(93)101/h23-26,32-34,39-46,49-58,67-71,98H,11-22,27-31H2,1-10H3,(H,105,141)(H,106,142)(H,107,143)(H,108,144)(H,109,145)(H2,77,86,101)(H2,78,87,102)(H2,79,88,103)(H2,80,82,83)(H,91,99,104)(H3,81,89,90,100)/p-5/t39-,40?,41-,42-,43-,44-,45-,46-,49?,50?,51?,52?,53?,54+,55+,56+,57+,58+,67-,68-,69-,70-,71-,136?,137?,138?,139?,140?/m1/s1. The second-order valence-corrected chi connectivity index (χ2v) is 46.7. The lowest BCUT2D eigenvalue weighted by atomic mass is 10.1. The summed E-state index contributed by atoms with van der Waals surface area (Å²) >= 11 is 28.4. The van der Waals surface area contributed by atoms with E-state index in [2.05, 4.69) is 49.8 Å². The van der Waals surface area contributed by atoms with Crippen molar-refractivity contribution in [3.05, 3.63) is 129 Å². The van der Waals surface area contributed by atoms with Crippen LogP contribution in [0.3, 0.4) is 0 Å². The van der Waals surface area contributed by atoms with Crippen LogP contribution in [0.2, 0.25) is 0 Å². The summed E-state index contributed by atoms with van der Waals surface area (Å²) in [5.74, 6) is -0.938. The fourth-order valence-electron chi connectivity index (χ4n) is 16.4. The molecule has 0 spiro atoms. The molecule has 14 heterocycles. The summed E-state index contributed by atoms with van der Waals surface area (Å²) in [4.78, 5) is 179. The third-order valence-electron chi connectivity index (χ3n) is 23.5. The predicted octanol–water partition coefficient (Wildman–Crippen LogP) is -3.87. The normalized spacial score (nSPS) is 29.2. The van der Waals surface area contributed by atoms with Crippen LogP contribution in [0.4, 0.5) is 29.2 Å². The molecule has 6 aliphatic heterocycles. The van der Waals surface area contributed by atoms with Crippen molar-refractivity contribution in [2.45, 2.75) is 189 Å². The van der Waals surface area contributed by atoms with Crippen molar-refractivity contribution >= 4 is 145 Å². The van der Waals surface area contributed by atoms with Crippen LogP contribution in [-0.2, 0) is 185 Å². The van der Waals surface area contributed by atoms with Gasteiger partial charge in [-0.05, 0) is 34.1 Å². The molecule has 0 aliphatic carbocycles. The first-order valence-electron chi connectivity index (χ1n) is 44.3. The summed E-state index contributed by atoms with van der Waals surface area (Å²) in [7, 11) is 6.79. The van der Waals surface area contributed by atoms with E-state index in [-0.39, 0.29) is 147 Å². The number of H-pyrrole nitrogens is 2. The van der Waals surface area contributed by atoms with Gasteiger partial charge in [-0.25, -0.2) is 39.1 Å². The number of aryl methyl sites for hydroxylation is 4. The van der Waals surface area contributed by atoms with Crippen molar-refractivity contribution in [1.82, 2.24) is 77.2 Å². The largest absolute Gasteiger partial charge is 0.780 e. The Morgan fingerprint density at radius 3 is 1.19 bits per heavy atom. The van der Waals surface area contributed by atoms with E-state index in [1.54, 1.807) is 13.8 Å². The van der Waals surface area contributed by atoms with E-state index in [0.29, 0.717) is 5.56 Å². The summed E-state index contributed by atoms with van der Waals surface area (Å²) < 4.78 is 180. The highest BCUT2D eigenvalue weighted by atomic mass is 32.7. The molecule has 8 aromatic heterocycles. The quantitative estimate of drug-likeness (QED) is 0.0103. The summed E-state index contributed by atoms with van der Waals surface area (Å²) in [5, 5.41) is 11.8. The molecule has 28 atom stereocenters. The number of aromatic nitrogens is 16. The number of nitrogens with one attached hydrogen (secondary N) is 2. The number of imidazole rings is 2. The maximum atomic E-state index is 15.7. The molecule has 0 radical (unpaired) electrons. The Morgan fingerprint density at radius 1 is 0.414 bits per heavy atom.